The monoisotopic (exact) mass is 558 g/mol. The Hall–Kier alpha value is -4.47. The first-order valence-electron chi connectivity index (χ1n) is 12.0. The molecule has 0 radical (unpaired) electrons. The number of aromatic nitrogens is 2. The summed E-state index contributed by atoms with van der Waals surface area (Å²) in [6, 6.07) is 17.6. The van der Waals surface area contributed by atoms with Crippen LogP contribution in [0, 0.1) is 11.3 Å². The normalized spacial score (nSPS) is 17.1. The number of amides is 1. The molecule has 12 heteroatoms. The molecule has 1 amide bonds. The SMILES string of the molecule is N#CC1=C(N)N(c2nnc(SCC(=O)Nc3cccc(C(=O)O)c3)s2)C2=C(C(=O)CCC2)C1c1ccccc1. The van der Waals surface area contributed by atoms with Crippen LogP contribution in [0.3, 0.4) is 0 Å². The second-order valence-electron chi connectivity index (χ2n) is 8.80. The number of aromatic carboxylic acids is 1. The molecule has 39 heavy (non-hydrogen) atoms. The molecule has 2 aliphatic rings. The van der Waals surface area contributed by atoms with Crippen LogP contribution in [0.5, 0.6) is 0 Å². The molecule has 1 aromatic heterocycles. The minimum absolute atomic E-state index is 0.0156. The number of benzene rings is 2. The van der Waals surface area contributed by atoms with Gasteiger partial charge < -0.3 is 16.2 Å². The number of anilines is 2. The summed E-state index contributed by atoms with van der Waals surface area (Å²) in [5.74, 6) is -1.75. The number of thioether (sulfide) groups is 1. The smallest absolute Gasteiger partial charge is 0.335 e. The predicted octanol–water partition coefficient (Wildman–Crippen LogP) is 4.27. The third kappa shape index (κ3) is 5.27. The van der Waals surface area contributed by atoms with Gasteiger partial charge in [0.15, 0.2) is 10.1 Å². The van der Waals surface area contributed by atoms with Crippen molar-refractivity contribution >= 4 is 51.6 Å². The van der Waals surface area contributed by atoms with Crippen LogP contribution < -0.4 is 16.0 Å². The molecule has 1 atom stereocenters. The van der Waals surface area contributed by atoms with E-state index in [1.54, 1.807) is 17.0 Å². The van der Waals surface area contributed by atoms with Gasteiger partial charge in [0, 0.05) is 23.4 Å². The lowest BCUT2D eigenvalue weighted by atomic mass is 9.76. The average Bonchev–Trinajstić information content (AvgIpc) is 3.40. The predicted molar refractivity (Wildman–Crippen MR) is 147 cm³/mol. The Morgan fingerprint density at radius 3 is 2.72 bits per heavy atom. The van der Waals surface area contributed by atoms with E-state index in [-0.39, 0.29) is 34.4 Å². The Bertz CT molecular complexity index is 1570. The lowest BCUT2D eigenvalue weighted by Crippen LogP contribution is -2.38. The Balaban J connectivity index is 1.38. The second-order valence-corrected chi connectivity index (χ2v) is 11.0. The molecule has 4 N–H and O–H groups in total. The Morgan fingerprint density at radius 2 is 1.97 bits per heavy atom. The van der Waals surface area contributed by atoms with Crippen LogP contribution in [0.25, 0.3) is 0 Å². The highest BCUT2D eigenvalue weighted by molar-refractivity contribution is 8.01. The number of nitriles is 1. The van der Waals surface area contributed by atoms with Gasteiger partial charge in [0.1, 0.15) is 5.82 Å². The zero-order valence-corrected chi connectivity index (χ0v) is 22.1. The van der Waals surface area contributed by atoms with Crippen LogP contribution >= 0.6 is 23.1 Å². The van der Waals surface area contributed by atoms with Crippen molar-refractivity contribution in [2.75, 3.05) is 16.0 Å². The molecule has 0 saturated heterocycles. The van der Waals surface area contributed by atoms with Crippen LogP contribution in [-0.4, -0.2) is 38.7 Å². The largest absolute Gasteiger partial charge is 0.478 e. The maximum absolute atomic E-state index is 13.2. The number of ketones is 1. The van der Waals surface area contributed by atoms with E-state index in [1.807, 2.05) is 30.3 Å². The van der Waals surface area contributed by atoms with Crippen molar-refractivity contribution in [2.45, 2.75) is 29.5 Å². The van der Waals surface area contributed by atoms with Crippen LogP contribution in [-0.2, 0) is 9.59 Å². The van der Waals surface area contributed by atoms with Crippen molar-refractivity contribution < 1.29 is 19.5 Å². The van der Waals surface area contributed by atoms with E-state index in [0.717, 1.165) is 23.0 Å². The number of nitrogens with two attached hydrogens (primary N) is 1. The van der Waals surface area contributed by atoms with Gasteiger partial charge in [-0.05, 0) is 36.6 Å². The van der Waals surface area contributed by atoms with E-state index in [2.05, 4.69) is 21.6 Å². The van der Waals surface area contributed by atoms with Crippen molar-refractivity contribution in [1.29, 1.82) is 5.26 Å². The van der Waals surface area contributed by atoms with Gasteiger partial charge in [0.2, 0.25) is 11.0 Å². The van der Waals surface area contributed by atoms with Gasteiger partial charge in [-0.15, -0.1) is 10.2 Å². The van der Waals surface area contributed by atoms with Crippen LogP contribution in [0.1, 0.15) is 41.1 Å². The third-order valence-electron chi connectivity index (χ3n) is 6.35. The van der Waals surface area contributed by atoms with E-state index >= 15 is 0 Å². The van der Waals surface area contributed by atoms with E-state index in [4.69, 9.17) is 10.8 Å². The summed E-state index contributed by atoms with van der Waals surface area (Å²) in [4.78, 5) is 38.5. The topological polar surface area (TPSA) is 162 Å². The first-order valence-corrected chi connectivity index (χ1v) is 13.8. The highest BCUT2D eigenvalue weighted by Crippen LogP contribution is 2.47. The number of hydrogen-bond donors (Lipinski definition) is 3. The number of nitrogens with one attached hydrogen (secondary N) is 1. The highest BCUT2D eigenvalue weighted by atomic mass is 32.2. The molecule has 0 saturated carbocycles. The Kier molecular flexibility index (Phi) is 7.44. The molecule has 3 aromatic rings. The number of carboxylic acids is 1. The number of allylic oxidation sites excluding steroid dienone is 3. The fraction of sp³-hybridized carbons (Fsp3) is 0.185. The molecule has 1 unspecified atom stereocenters. The van der Waals surface area contributed by atoms with Gasteiger partial charge in [0.05, 0.1) is 28.9 Å². The number of Topliss-reactive ketones (excluding diaryl/α,β-unsaturated/α-hetero) is 1. The second kappa shape index (κ2) is 11.1. The standard InChI is InChI=1S/C27H22N6O4S2/c28-13-18-22(15-6-2-1-3-7-15)23-19(10-5-11-20(23)34)33(24(18)29)26-31-32-27(39-26)38-14-21(35)30-17-9-4-8-16(12-17)25(36)37/h1-4,6-9,12,22H,5,10-11,14,29H2,(H,30,35)(H,36,37). The van der Waals surface area contributed by atoms with Crippen molar-refractivity contribution in [1.82, 2.24) is 10.2 Å². The van der Waals surface area contributed by atoms with Gasteiger partial charge in [-0.1, -0.05) is 59.5 Å². The first kappa shape index (κ1) is 26.1. The average molecular weight is 559 g/mol. The quantitative estimate of drug-likeness (QED) is 0.357. The summed E-state index contributed by atoms with van der Waals surface area (Å²) in [6.45, 7) is 0. The van der Waals surface area contributed by atoms with Crippen molar-refractivity contribution in [2.24, 2.45) is 5.73 Å². The lowest BCUT2D eigenvalue weighted by Gasteiger charge is -2.38. The molecular weight excluding hydrogens is 536 g/mol. The zero-order valence-electron chi connectivity index (χ0n) is 20.5. The number of rotatable bonds is 7. The third-order valence-corrected chi connectivity index (χ3v) is 8.40. The first-order chi connectivity index (χ1) is 18.9. The summed E-state index contributed by atoms with van der Waals surface area (Å²) in [7, 11) is 0. The van der Waals surface area contributed by atoms with E-state index in [0.29, 0.717) is 40.0 Å². The minimum Gasteiger partial charge on any atom is -0.478 e. The molecule has 0 spiro atoms. The van der Waals surface area contributed by atoms with Crippen LogP contribution in [0.2, 0.25) is 0 Å². The maximum atomic E-state index is 13.2. The maximum Gasteiger partial charge on any atom is 0.335 e. The number of carbonyl (C=O) groups excluding carboxylic acids is 2. The van der Waals surface area contributed by atoms with Crippen LogP contribution in [0.15, 0.2) is 81.6 Å². The van der Waals surface area contributed by atoms with E-state index < -0.39 is 11.9 Å². The summed E-state index contributed by atoms with van der Waals surface area (Å²) < 4.78 is 0.500. The van der Waals surface area contributed by atoms with E-state index in [9.17, 15) is 19.6 Å². The molecule has 10 nitrogen and oxygen atoms in total. The Morgan fingerprint density at radius 1 is 1.18 bits per heavy atom. The van der Waals surface area contributed by atoms with Gasteiger partial charge in [-0.2, -0.15) is 5.26 Å². The molecule has 2 heterocycles. The summed E-state index contributed by atoms with van der Waals surface area (Å²) >= 11 is 2.37. The van der Waals surface area contributed by atoms with Crippen molar-refractivity contribution in [3.63, 3.8) is 0 Å². The molecule has 5 rings (SSSR count). The summed E-state index contributed by atoms with van der Waals surface area (Å²) in [6.07, 6.45) is 1.66. The number of carbonyl (C=O) groups is 3. The minimum atomic E-state index is -1.08. The molecule has 1 aliphatic heterocycles. The van der Waals surface area contributed by atoms with Crippen molar-refractivity contribution in [3.8, 4) is 6.07 Å². The van der Waals surface area contributed by atoms with Crippen molar-refractivity contribution in [3.05, 3.63) is 88.4 Å². The molecule has 1 aliphatic carbocycles. The van der Waals surface area contributed by atoms with Gasteiger partial charge in [-0.3, -0.25) is 14.5 Å². The molecule has 0 bridgehead atoms. The fourth-order valence-corrected chi connectivity index (χ4v) is 6.37. The molecule has 0 fully saturated rings. The molecule has 196 valence electrons. The summed E-state index contributed by atoms with van der Waals surface area (Å²) in [5.41, 5.74) is 9.40. The van der Waals surface area contributed by atoms with Gasteiger partial charge >= 0.3 is 5.97 Å². The summed E-state index contributed by atoms with van der Waals surface area (Å²) in [5, 5.41) is 30.8. The van der Waals surface area contributed by atoms with E-state index in [1.165, 1.54) is 23.5 Å². The fourth-order valence-electron chi connectivity index (χ4n) is 4.69. The van der Waals surface area contributed by atoms with Gasteiger partial charge in [0.25, 0.3) is 0 Å². The lowest BCUT2D eigenvalue weighted by molar-refractivity contribution is -0.116. The number of nitrogens with zero attached hydrogens (tertiary/aromatic N) is 4. The molecular formula is C27H22N6O4S2. The highest BCUT2D eigenvalue weighted by Gasteiger charge is 2.41. The zero-order chi connectivity index (χ0) is 27.5. The van der Waals surface area contributed by atoms with Crippen LogP contribution in [0.4, 0.5) is 10.8 Å². The molecule has 2 aromatic carbocycles. The Labute approximate surface area is 231 Å². The van der Waals surface area contributed by atoms with Gasteiger partial charge in [-0.25, -0.2) is 4.79 Å². The number of hydrogen-bond acceptors (Lipinski definition) is 10. The number of carboxylic acid groups (broad SMARTS) is 1.